The summed E-state index contributed by atoms with van der Waals surface area (Å²) in [7, 11) is 0. The first-order valence-electron chi connectivity index (χ1n) is 7.32. The van der Waals surface area contributed by atoms with E-state index in [1.165, 1.54) is 24.6 Å². The SMILES string of the molecule is CC(C)(c1ccccc1)c1nc(/C(=C\C=N)C2CC2)n[nH]1. The van der Waals surface area contributed by atoms with E-state index in [1.54, 1.807) is 0 Å². The molecule has 2 N–H and O–H groups in total. The largest absolute Gasteiger partial charge is 0.309 e. The Morgan fingerprint density at radius 2 is 2.00 bits per heavy atom. The molecule has 0 atom stereocenters. The molecule has 1 aromatic carbocycles. The van der Waals surface area contributed by atoms with E-state index < -0.39 is 0 Å². The van der Waals surface area contributed by atoms with Gasteiger partial charge < -0.3 is 5.41 Å². The number of H-pyrrole nitrogens is 1. The van der Waals surface area contributed by atoms with Crippen molar-refractivity contribution in [2.75, 3.05) is 0 Å². The Hall–Kier alpha value is -2.23. The fraction of sp³-hybridized carbons (Fsp3) is 0.353. The monoisotopic (exact) mass is 280 g/mol. The molecule has 0 bridgehead atoms. The molecule has 0 aliphatic heterocycles. The van der Waals surface area contributed by atoms with Gasteiger partial charge in [-0.25, -0.2) is 4.98 Å². The third-order valence-corrected chi connectivity index (χ3v) is 4.11. The summed E-state index contributed by atoms with van der Waals surface area (Å²) in [6.45, 7) is 4.29. The predicted molar refractivity (Wildman–Crippen MR) is 84.4 cm³/mol. The van der Waals surface area contributed by atoms with Crippen LogP contribution < -0.4 is 0 Å². The minimum Gasteiger partial charge on any atom is -0.309 e. The van der Waals surface area contributed by atoms with Crippen LogP contribution in [-0.4, -0.2) is 21.4 Å². The second-order valence-corrected chi connectivity index (χ2v) is 6.06. The Labute approximate surface area is 124 Å². The van der Waals surface area contributed by atoms with Crippen LogP contribution in [-0.2, 0) is 5.41 Å². The Morgan fingerprint density at radius 3 is 2.62 bits per heavy atom. The number of nitrogens with zero attached hydrogens (tertiary/aromatic N) is 2. The van der Waals surface area contributed by atoms with Gasteiger partial charge in [0.05, 0.1) is 0 Å². The number of nitrogens with one attached hydrogen (secondary N) is 2. The number of allylic oxidation sites excluding steroid dienone is 2. The number of benzene rings is 1. The highest BCUT2D eigenvalue weighted by molar-refractivity contribution is 5.82. The van der Waals surface area contributed by atoms with Gasteiger partial charge in [0.2, 0.25) is 0 Å². The van der Waals surface area contributed by atoms with Crippen molar-refractivity contribution in [3.63, 3.8) is 0 Å². The molecular formula is C17H20N4. The van der Waals surface area contributed by atoms with Crippen molar-refractivity contribution in [1.29, 1.82) is 5.41 Å². The van der Waals surface area contributed by atoms with Gasteiger partial charge >= 0.3 is 0 Å². The summed E-state index contributed by atoms with van der Waals surface area (Å²) in [5.41, 5.74) is 2.07. The Bertz CT molecular complexity index is 663. The molecule has 0 spiro atoms. The molecule has 0 saturated heterocycles. The summed E-state index contributed by atoms with van der Waals surface area (Å²) in [5, 5.41) is 14.8. The lowest BCUT2D eigenvalue weighted by Crippen LogP contribution is -2.20. The van der Waals surface area contributed by atoms with E-state index in [9.17, 15) is 0 Å². The van der Waals surface area contributed by atoms with Crippen LogP contribution in [0, 0.1) is 11.3 Å². The highest BCUT2D eigenvalue weighted by atomic mass is 15.2. The normalized spacial score (nSPS) is 16.0. The number of hydrogen-bond acceptors (Lipinski definition) is 3. The van der Waals surface area contributed by atoms with Crippen LogP contribution in [0.2, 0.25) is 0 Å². The molecular weight excluding hydrogens is 260 g/mol. The maximum absolute atomic E-state index is 7.30. The molecule has 1 fully saturated rings. The maximum Gasteiger partial charge on any atom is 0.177 e. The molecule has 1 heterocycles. The van der Waals surface area contributed by atoms with Crippen molar-refractivity contribution in [1.82, 2.24) is 15.2 Å². The molecule has 4 nitrogen and oxygen atoms in total. The fourth-order valence-electron chi connectivity index (χ4n) is 2.54. The van der Waals surface area contributed by atoms with Crippen LogP contribution in [0.1, 0.15) is 43.9 Å². The molecule has 0 amide bonds. The van der Waals surface area contributed by atoms with Crippen LogP contribution in [0.3, 0.4) is 0 Å². The molecule has 108 valence electrons. The van der Waals surface area contributed by atoms with Crippen molar-refractivity contribution in [2.45, 2.75) is 32.1 Å². The smallest absolute Gasteiger partial charge is 0.177 e. The molecule has 1 saturated carbocycles. The first-order valence-corrected chi connectivity index (χ1v) is 7.32. The van der Waals surface area contributed by atoms with Crippen molar-refractivity contribution in [3.05, 3.63) is 53.6 Å². The van der Waals surface area contributed by atoms with Crippen molar-refractivity contribution >= 4 is 11.8 Å². The van der Waals surface area contributed by atoms with Crippen LogP contribution in [0.15, 0.2) is 36.4 Å². The molecule has 1 aromatic heterocycles. The van der Waals surface area contributed by atoms with Gasteiger partial charge in [0.15, 0.2) is 5.82 Å². The van der Waals surface area contributed by atoms with Gasteiger partial charge in [-0.1, -0.05) is 30.3 Å². The van der Waals surface area contributed by atoms with Gasteiger partial charge in [-0.15, -0.1) is 0 Å². The van der Waals surface area contributed by atoms with Crippen molar-refractivity contribution < 1.29 is 0 Å². The average Bonchev–Trinajstić information content (AvgIpc) is 3.21. The summed E-state index contributed by atoms with van der Waals surface area (Å²) >= 11 is 0. The Kier molecular flexibility index (Phi) is 3.45. The van der Waals surface area contributed by atoms with Crippen LogP contribution >= 0.6 is 0 Å². The van der Waals surface area contributed by atoms with E-state index in [4.69, 9.17) is 10.4 Å². The summed E-state index contributed by atoms with van der Waals surface area (Å²) in [6.07, 6.45) is 5.49. The number of aromatic nitrogens is 3. The van der Waals surface area contributed by atoms with E-state index in [2.05, 4.69) is 36.2 Å². The number of aromatic amines is 1. The van der Waals surface area contributed by atoms with E-state index in [0.29, 0.717) is 5.92 Å². The van der Waals surface area contributed by atoms with E-state index in [-0.39, 0.29) is 5.41 Å². The Morgan fingerprint density at radius 1 is 1.29 bits per heavy atom. The molecule has 4 heteroatoms. The van der Waals surface area contributed by atoms with Gasteiger partial charge in [0.25, 0.3) is 0 Å². The zero-order valence-electron chi connectivity index (χ0n) is 12.4. The molecule has 1 aliphatic carbocycles. The van der Waals surface area contributed by atoms with Gasteiger partial charge in [-0.05, 0) is 44.2 Å². The first-order chi connectivity index (χ1) is 10.1. The lowest BCUT2D eigenvalue weighted by molar-refractivity contribution is 0.593. The maximum atomic E-state index is 7.30. The Balaban J connectivity index is 1.94. The van der Waals surface area contributed by atoms with E-state index in [1.807, 2.05) is 24.3 Å². The van der Waals surface area contributed by atoms with Gasteiger partial charge in [0.1, 0.15) is 5.82 Å². The topological polar surface area (TPSA) is 65.4 Å². The standard InChI is InChI=1S/C17H20N4/c1-17(2,13-6-4-3-5-7-13)16-19-15(20-21-16)14(10-11-18)12-8-9-12/h3-7,10-12,18H,8-9H2,1-2H3,(H,19,20,21)/b14-10-,18-11?. The third kappa shape index (κ3) is 2.66. The van der Waals surface area contributed by atoms with E-state index >= 15 is 0 Å². The molecule has 21 heavy (non-hydrogen) atoms. The molecule has 3 rings (SSSR count). The second-order valence-electron chi connectivity index (χ2n) is 6.06. The zero-order valence-corrected chi connectivity index (χ0v) is 12.4. The summed E-state index contributed by atoms with van der Waals surface area (Å²) in [5.74, 6) is 2.12. The molecule has 0 radical (unpaired) electrons. The van der Waals surface area contributed by atoms with Crippen molar-refractivity contribution in [2.24, 2.45) is 5.92 Å². The number of hydrogen-bond donors (Lipinski definition) is 2. The molecule has 2 aromatic rings. The fourth-order valence-corrected chi connectivity index (χ4v) is 2.54. The van der Waals surface area contributed by atoms with Crippen molar-refractivity contribution in [3.8, 4) is 0 Å². The van der Waals surface area contributed by atoms with Gasteiger partial charge in [0, 0.05) is 17.2 Å². The highest BCUT2D eigenvalue weighted by Crippen LogP contribution is 2.41. The molecule has 1 aliphatic rings. The lowest BCUT2D eigenvalue weighted by atomic mass is 9.84. The molecule has 0 unspecified atom stereocenters. The van der Waals surface area contributed by atoms with Crippen LogP contribution in [0.25, 0.3) is 5.57 Å². The first kappa shape index (κ1) is 13.7. The van der Waals surface area contributed by atoms with E-state index in [0.717, 1.165) is 17.2 Å². The highest BCUT2D eigenvalue weighted by Gasteiger charge is 2.31. The average molecular weight is 280 g/mol. The summed E-state index contributed by atoms with van der Waals surface area (Å²) in [4.78, 5) is 4.70. The summed E-state index contributed by atoms with van der Waals surface area (Å²) in [6, 6.07) is 10.3. The second kappa shape index (κ2) is 5.28. The lowest BCUT2D eigenvalue weighted by Gasteiger charge is -2.22. The quantitative estimate of drug-likeness (QED) is 0.822. The van der Waals surface area contributed by atoms with Gasteiger partial charge in [-0.3, -0.25) is 5.10 Å². The van der Waals surface area contributed by atoms with Crippen LogP contribution in [0.5, 0.6) is 0 Å². The van der Waals surface area contributed by atoms with Crippen LogP contribution in [0.4, 0.5) is 0 Å². The third-order valence-electron chi connectivity index (χ3n) is 4.11. The van der Waals surface area contributed by atoms with Gasteiger partial charge in [-0.2, -0.15) is 5.10 Å². The minimum absolute atomic E-state index is 0.216. The zero-order chi connectivity index (χ0) is 14.9. The number of rotatable bonds is 5. The predicted octanol–water partition coefficient (Wildman–Crippen LogP) is 3.57. The minimum atomic E-state index is -0.216. The summed E-state index contributed by atoms with van der Waals surface area (Å²) < 4.78 is 0.